The Labute approximate surface area is 261 Å². The van der Waals surface area contributed by atoms with Crippen LogP contribution in [0, 0.1) is 0 Å². The second-order valence-electron chi connectivity index (χ2n) is 11.9. The summed E-state index contributed by atoms with van der Waals surface area (Å²) in [5, 5.41) is 3.65. The molecular weight excluding hydrogens is 546 g/mol. The van der Waals surface area contributed by atoms with Crippen molar-refractivity contribution < 1.29 is 0 Å². The third kappa shape index (κ3) is 4.44. The lowest BCUT2D eigenvalue weighted by atomic mass is 9.81. The Bertz CT molecular complexity index is 2450. The first-order valence-corrected chi connectivity index (χ1v) is 15.5. The smallest absolute Gasteiger partial charge is 0.165 e. The zero-order valence-electron chi connectivity index (χ0n) is 24.6. The first kappa shape index (κ1) is 25.7. The molecule has 1 unspecified atom stereocenters. The van der Waals surface area contributed by atoms with Gasteiger partial charge in [0.05, 0.1) is 16.6 Å². The minimum Gasteiger partial charge on any atom is -0.293 e. The standard InChI is InChI=1S/C42H29N3/c1-3-11-28(12-4-1)33-24-34(31-20-19-29-13-7-8-14-30(29)23-31)26-35(25-33)32-21-22-37-40(27-32)45(36-15-5-2-6-16-36)42-41(37)43-38-17-9-10-18-39(38)44-42/h1-25,27,35H,26H2. The molecule has 0 spiro atoms. The van der Waals surface area contributed by atoms with Crippen LogP contribution in [-0.4, -0.2) is 14.5 Å². The molecule has 9 rings (SSSR count). The number of fused-ring (bicyclic) bond motifs is 5. The maximum Gasteiger partial charge on any atom is 0.165 e. The van der Waals surface area contributed by atoms with Gasteiger partial charge in [0.15, 0.2) is 5.65 Å². The maximum absolute atomic E-state index is 5.14. The van der Waals surface area contributed by atoms with Crippen molar-refractivity contribution in [3.63, 3.8) is 0 Å². The molecule has 6 aromatic carbocycles. The Hall–Kier alpha value is -5.80. The Morgan fingerprint density at radius 1 is 0.578 bits per heavy atom. The Kier molecular flexibility index (Phi) is 5.95. The highest BCUT2D eigenvalue weighted by atomic mass is 15.1. The average molecular weight is 576 g/mol. The van der Waals surface area contributed by atoms with Crippen molar-refractivity contribution in [3.05, 3.63) is 174 Å². The highest BCUT2D eigenvalue weighted by molar-refractivity contribution is 6.08. The summed E-state index contributed by atoms with van der Waals surface area (Å²) in [4.78, 5) is 10.3. The molecule has 8 aromatic rings. The molecule has 3 heteroatoms. The van der Waals surface area contributed by atoms with Crippen LogP contribution in [0.2, 0.25) is 0 Å². The van der Waals surface area contributed by atoms with Crippen molar-refractivity contribution in [2.45, 2.75) is 12.3 Å². The van der Waals surface area contributed by atoms with Gasteiger partial charge < -0.3 is 0 Å². The summed E-state index contributed by atoms with van der Waals surface area (Å²) in [6.07, 6.45) is 5.75. The maximum atomic E-state index is 5.14. The highest BCUT2D eigenvalue weighted by Gasteiger charge is 2.22. The van der Waals surface area contributed by atoms with E-state index in [0.29, 0.717) is 0 Å². The van der Waals surface area contributed by atoms with Crippen LogP contribution >= 0.6 is 0 Å². The van der Waals surface area contributed by atoms with Gasteiger partial charge in [0.25, 0.3) is 0 Å². The summed E-state index contributed by atoms with van der Waals surface area (Å²) in [5.41, 5.74) is 12.2. The van der Waals surface area contributed by atoms with Gasteiger partial charge in [0.2, 0.25) is 0 Å². The molecule has 212 valence electrons. The largest absolute Gasteiger partial charge is 0.293 e. The highest BCUT2D eigenvalue weighted by Crippen LogP contribution is 2.41. The number of benzene rings is 6. The zero-order valence-corrected chi connectivity index (χ0v) is 24.6. The topological polar surface area (TPSA) is 30.7 Å². The summed E-state index contributed by atoms with van der Waals surface area (Å²) in [6, 6.07) is 51.8. The first-order valence-electron chi connectivity index (χ1n) is 15.5. The van der Waals surface area contributed by atoms with Gasteiger partial charge in [-0.3, -0.25) is 4.57 Å². The first-order chi connectivity index (χ1) is 22.3. The van der Waals surface area contributed by atoms with Crippen LogP contribution in [0.25, 0.3) is 60.7 Å². The molecule has 0 fully saturated rings. The van der Waals surface area contributed by atoms with Crippen molar-refractivity contribution in [1.82, 2.24) is 14.5 Å². The lowest BCUT2D eigenvalue weighted by Gasteiger charge is -2.24. The van der Waals surface area contributed by atoms with Crippen LogP contribution in [-0.2, 0) is 0 Å². The van der Waals surface area contributed by atoms with E-state index in [1.54, 1.807) is 0 Å². The summed E-state index contributed by atoms with van der Waals surface area (Å²) in [7, 11) is 0. The zero-order chi connectivity index (χ0) is 29.7. The van der Waals surface area contributed by atoms with E-state index in [1.807, 2.05) is 24.3 Å². The van der Waals surface area contributed by atoms with Gasteiger partial charge in [-0.2, -0.15) is 0 Å². The third-order valence-corrected chi connectivity index (χ3v) is 9.10. The Morgan fingerprint density at radius 2 is 1.29 bits per heavy atom. The summed E-state index contributed by atoms with van der Waals surface area (Å²) in [5.74, 6) is 0.207. The minimum atomic E-state index is 0.207. The van der Waals surface area contributed by atoms with E-state index in [0.717, 1.165) is 45.2 Å². The number of aromatic nitrogens is 3. The van der Waals surface area contributed by atoms with E-state index in [2.05, 4.69) is 138 Å². The fourth-order valence-electron chi connectivity index (χ4n) is 6.87. The number of hydrogen-bond donors (Lipinski definition) is 0. The predicted molar refractivity (Wildman–Crippen MR) is 188 cm³/mol. The molecule has 1 aliphatic rings. The van der Waals surface area contributed by atoms with Gasteiger partial charge in [-0.05, 0) is 81.4 Å². The molecule has 0 aliphatic heterocycles. The van der Waals surface area contributed by atoms with Gasteiger partial charge in [0.1, 0.15) is 5.52 Å². The van der Waals surface area contributed by atoms with E-state index in [-0.39, 0.29) is 5.92 Å². The van der Waals surface area contributed by atoms with E-state index in [4.69, 9.17) is 9.97 Å². The van der Waals surface area contributed by atoms with Crippen molar-refractivity contribution >= 4 is 55.0 Å². The average Bonchev–Trinajstić information content (AvgIpc) is 3.43. The molecule has 0 saturated heterocycles. The van der Waals surface area contributed by atoms with E-state index < -0.39 is 0 Å². The molecule has 3 nitrogen and oxygen atoms in total. The Morgan fingerprint density at radius 3 is 2.11 bits per heavy atom. The molecule has 0 bridgehead atoms. The van der Waals surface area contributed by atoms with Crippen LogP contribution in [0.4, 0.5) is 0 Å². The number of nitrogens with zero attached hydrogens (tertiary/aromatic N) is 3. The van der Waals surface area contributed by atoms with Crippen LogP contribution in [0.5, 0.6) is 0 Å². The molecule has 1 aliphatic carbocycles. The van der Waals surface area contributed by atoms with Crippen molar-refractivity contribution in [2.24, 2.45) is 0 Å². The van der Waals surface area contributed by atoms with Gasteiger partial charge in [-0.25, -0.2) is 9.97 Å². The van der Waals surface area contributed by atoms with Crippen LogP contribution in [0.3, 0.4) is 0 Å². The monoisotopic (exact) mass is 575 g/mol. The second-order valence-corrected chi connectivity index (χ2v) is 11.9. The molecule has 2 heterocycles. The fourth-order valence-corrected chi connectivity index (χ4v) is 6.87. The van der Waals surface area contributed by atoms with Gasteiger partial charge in [0, 0.05) is 17.0 Å². The van der Waals surface area contributed by atoms with E-state index >= 15 is 0 Å². The van der Waals surface area contributed by atoms with Crippen LogP contribution in [0.15, 0.2) is 158 Å². The molecule has 45 heavy (non-hydrogen) atoms. The van der Waals surface area contributed by atoms with E-state index in [1.165, 1.54) is 38.6 Å². The number of allylic oxidation sites excluding steroid dienone is 4. The summed E-state index contributed by atoms with van der Waals surface area (Å²) < 4.78 is 2.28. The molecule has 0 radical (unpaired) electrons. The van der Waals surface area contributed by atoms with Gasteiger partial charge >= 0.3 is 0 Å². The number of hydrogen-bond acceptors (Lipinski definition) is 2. The van der Waals surface area contributed by atoms with Crippen molar-refractivity contribution in [2.75, 3.05) is 0 Å². The molecule has 0 saturated carbocycles. The summed E-state index contributed by atoms with van der Waals surface area (Å²) in [6.45, 7) is 0. The van der Waals surface area contributed by atoms with Crippen molar-refractivity contribution in [1.29, 1.82) is 0 Å². The van der Waals surface area contributed by atoms with Crippen LogP contribution < -0.4 is 0 Å². The van der Waals surface area contributed by atoms with Gasteiger partial charge in [-0.1, -0.05) is 121 Å². The normalized spacial score (nSPS) is 15.1. The number of rotatable bonds is 4. The second kappa shape index (κ2) is 10.4. The minimum absolute atomic E-state index is 0.207. The third-order valence-electron chi connectivity index (χ3n) is 9.10. The van der Waals surface area contributed by atoms with E-state index in [9.17, 15) is 0 Å². The summed E-state index contributed by atoms with van der Waals surface area (Å²) >= 11 is 0. The molecular formula is C42H29N3. The Balaban J connectivity index is 1.23. The van der Waals surface area contributed by atoms with Crippen LogP contribution in [0.1, 0.15) is 29.0 Å². The molecule has 0 amide bonds. The molecule has 1 atom stereocenters. The lowest BCUT2D eigenvalue weighted by molar-refractivity contribution is 0.872. The predicted octanol–water partition coefficient (Wildman–Crippen LogP) is 10.5. The lowest BCUT2D eigenvalue weighted by Crippen LogP contribution is -2.04. The fraction of sp³-hybridized carbons (Fsp3) is 0.0476. The quantitative estimate of drug-likeness (QED) is 0.209. The van der Waals surface area contributed by atoms with Crippen molar-refractivity contribution in [3.8, 4) is 5.69 Å². The number of para-hydroxylation sites is 3. The molecule has 0 N–H and O–H groups in total. The SMILES string of the molecule is C1=C(c2ccccc2)C=C(c2ccc3ccccc3c2)CC1c1ccc2c3nc4ccccc4nc3n(-c3ccccc3)c2c1. The van der Waals surface area contributed by atoms with Gasteiger partial charge in [-0.15, -0.1) is 0 Å². The molecule has 2 aromatic heterocycles.